The Morgan fingerprint density at radius 1 is 0.872 bits per heavy atom. The standard InChI is InChI=1S/C29H27Cl2N5O3/c30-21-17-32-18-22(31)28(21)35-12-14-36(15-13-35)29(39)20-10-11-23-25(16-20)33-24(8-4-5-9-26(37)38)27(34-23)19-6-2-1-3-7-19/h1-3,6-7,10-11,16-18H,4-5,8-9,12-15H2,(H,37,38). The van der Waals surface area contributed by atoms with Gasteiger partial charge in [0.1, 0.15) is 0 Å². The summed E-state index contributed by atoms with van der Waals surface area (Å²) in [5, 5.41) is 9.97. The average Bonchev–Trinajstić information content (AvgIpc) is 2.95. The van der Waals surface area contributed by atoms with Gasteiger partial charge in [-0.15, -0.1) is 0 Å². The first-order chi connectivity index (χ1) is 18.9. The molecular formula is C29H27Cl2N5O3. The summed E-state index contributed by atoms with van der Waals surface area (Å²) in [6.45, 7) is 2.26. The van der Waals surface area contributed by atoms with E-state index in [2.05, 4.69) is 9.88 Å². The number of carbonyl (C=O) groups excluding carboxylic acids is 1. The second-order valence-corrected chi connectivity index (χ2v) is 10.2. The fraction of sp³-hybridized carbons (Fsp3) is 0.276. The summed E-state index contributed by atoms with van der Waals surface area (Å²) >= 11 is 12.6. The zero-order valence-corrected chi connectivity index (χ0v) is 22.7. The van der Waals surface area contributed by atoms with Crippen molar-refractivity contribution in [2.45, 2.75) is 25.7 Å². The molecule has 3 heterocycles. The summed E-state index contributed by atoms with van der Waals surface area (Å²) in [4.78, 5) is 42.1. The van der Waals surface area contributed by atoms with Crippen LogP contribution in [-0.2, 0) is 11.2 Å². The van der Waals surface area contributed by atoms with Crippen molar-refractivity contribution < 1.29 is 14.7 Å². The molecule has 1 amide bonds. The van der Waals surface area contributed by atoms with Crippen molar-refractivity contribution in [3.05, 3.63) is 82.2 Å². The van der Waals surface area contributed by atoms with Crippen molar-refractivity contribution in [2.75, 3.05) is 31.1 Å². The molecule has 4 aromatic rings. The number of carboxylic acids is 1. The predicted octanol–water partition coefficient (Wildman–Crippen LogP) is 5.76. The van der Waals surface area contributed by atoms with Crippen LogP contribution in [0.5, 0.6) is 0 Å². The normalized spacial score (nSPS) is 13.6. The molecule has 200 valence electrons. The second-order valence-electron chi connectivity index (χ2n) is 9.42. The van der Waals surface area contributed by atoms with Crippen LogP contribution in [-0.4, -0.2) is 63.0 Å². The van der Waals surface area contributed by atoms with Crippen LogP contribution in [0, 0.1) is 0 Å². The van der Waals surface area contributed by atoms with E-state index in [9.17, 15) is 9.59 Å². The van der Waals surface area contributed by atoms with E-state index < -0.39 is 5.97 Å². The fourth-order valence-corrected chi connectivity index (χ4v) is 5.42. The number of amides is 1. The van der Waals surface area contributed by atoms with Crippen LogP contribution in [0.15, 0.2) is 60.9 Å². The number of hydrogen-bond acceptors (Lipinski definition) is 6. The molecule has 0 bridgehead atoms. The van der Waals surface area contributed by atoms with Gasteiger partial charge in [0.2, 0.25) is 0 Å². The molecule has 1 N–H and O–H groups in total. The van der Waals surface area contributed by atoms with Gasteiger partial charge in [-0.1, -0.05) is 53.5 Å². The number of aliphatic carboxylic acids is 1. The first kappa shape index (κ1) is 26.8. The van der Waals surface area contributed by atoms with Crippen molar-refractivity contribution in [2.24, 2.45) is 0 Å². The molecular weight excluding hydrogens is 537 g/mol. The van der Waals surface area contributed by atoms with E-state index in [-0.39, 0.29) is 12.3 Å². The van der Waals surface area contributed by atoms with Gasteiger partial charge in [0, 0.05) is 56.1 Å². The van der Waals surface area contributed by atoms with E-state index in [0.717, 1.165) is 22.6 Å². The molecule has 0 unspecified atom stereocenters. The Morgan fingerprint density at radius 3 is 2.28 bits per heavy atom. The predicted molar refractivity (Wildman–Crippen MR) is 153 cm³/mol. The maximum atomic E-state index is 13.4. The maximum Gasteiger partial charge on any atom is 0.303 e. The Hall–Kier alpha value is -3.75. The summed E-state index contributed by atoms with van der Waals surface area (Å²) in [7, 11) is 0. The van der Waals surface area contributed by atoms with Gasteiger partial charge >= 0.3 is 5.97 Å². The van der Waals surface area contributed by atoms with Crippen LogP contribution in [0.25, 0.3) is 22.3 Å². The summed E-state index contributed by atoms with van der Waals surface area (Å²) in [6.07, 6.45) is 5.10. The van der Waals surface area contributed by atoms with E-state index in [1.807, 2.05) is 41.3 Å². The lowest BCUT2D eigenvalue weighted by Crippen LogP contribution is -2.49. The largest absolute Gasteiger partial charge is 0.481 e. The Balaban J connectivity index is 1.36. The summed E-state index contributed by atoms with van der Waals surface area (Å²) in [5.41, 5.74) is 5.16. The molecule has 0 aliphatic carbocycles. The first-order valence-corrected chi connectivity index (χ1v) is 13.6. The fourth-order valence-electron chi connectivity index (χ4n) is 4.82. The SMILES string of the molecule is O=C(O)CCCCc1nc2cc(C(=O)N3CCN(c4c(Cl)cncc4Cl)CC3)ccc2nc1-c1ccccc1. The lowest BCUT2D eigenvalue weighted by Gasteiger charge is -2.36. The van der Waals surface area contributed by atoms with Crippen LogP contribution in [0.1, 0.15) is 35.3 Å². The molecule has 2 aromatic carbocycles. The van der Waals surface area contributed by atoms with Crippen LogP contribution >= 0.6 is 23.2 Å². The second kappa shape index (κ2) is 12.0. The number of aryl methyl sites for hydroxylation is 1. The number of benzene rings is 2. The highest BCUT2D eigenvalue weighted by atomic mass is 35.5. The van der Waals surface area contributed by atoms with Gasteiger partial charge in [-0.2, -0.15) is 0 Å². The number of anilines is 1. The maximum absolute atomic E-state index is 13.4. The number of halogens is 2. The van der Waals surface area contributed by atoms with Gasteiger partial charge in [0.25, 0.3) is 5.91 Å². The molecule has 1 fully saturated rings. The number of carboxylic acid groups (broad SMARTS) is 1. The number of fused-ring (bicyclic) bond motifs is 1. The molecule has 2 aromatic heterocycles. The number of pyridine rings is 1. The van der Waals surface area contributed by atoms with Gasteiger partial charge < -0.3 is 14.9 Å². The molecule has 0 radical (unpaired) electrons. The van der Waals surface area contributed by atoms with Gasteiger partial charge in [-0.05, 0) is 37.5 Å². The minimum atomic E-state index is -0.807. The third-order valence-corrected chi connectivity index (χ3v) is 7.35. The Kier molecular flexibility index (Phi) is 8.24. The number of unbranched alkanes of at least 4 members (excludes halogenated alkanes) is 1. The molecule has 8 nitrogen and oxygen atoms in total. The molecule has 1 aliphatic rings. The van der Waals surface area contributed by atoms with Crippen molar-refractivity contribution in [1.82, 2.24) is 19.9 Å². The highest BCUT2D eigenvalue weighted by molar-refractivity contribution is 6.38. The monoisotopic (exact) mass is 563 g/mol. The summed E-state index contributed by atoms with van der Waals surface area (Å²) < 4.78 is 0. The molecule has 5 rings (SSSR count). The van der Waals surface area contributed by atoms with E-state index in [1.165, 1.54) is 0 Å². The quantitative estimate of drug-likeness (QED) is 0.272. The zero-order valence-electron chi connectivity index (χ0n) is 21.2. The van der Waals surface area contributed by atoms with E-state index in [0.29, 0.717) is 72.1 Å². The lowest BCUT2D eigenvalue weighted by atomic mass is 10.0. The van der Waals surface area contributed by atoms with Crippen molar-refractivity contribution >= 4 is 51.8 Å². The first-order valence-electron chi connectivity index (χ1n) is 12.8. The Labute approximate surface area is 236 Å². The van der Waals surface area contributed by atoms with E-state index >= 15 is 0 Å². The molecule has 39 heavy (non-hydrogen) atoms. The number of carbonyl (C=O) groups is 2. The smallest absolute Gasteiger partial charge is 0.303 e. The number of rotatable bonds is 8. The van der Waals surface area contributed by atoms with Crippen LogP contribution < -0.4 is 4.90 Å². The van der Waals surface area contributed by atoms with Gasteiger partial charge in [0.15, 0.2) is 0 Å². The molecule has 0 spiro atoms. The van der Waals surface area contributed by atoms with Crippen LogP contribution in [0.4, 0.5) is 5.69 Å². The van der Waals surface area contributed by atoms with Gasteiger partial charge in [-0.3, -0.25) is 14.6 Å². The molecule has 1 saturated heterocycles. The summed E-state index contributed by atoms with van der Waals surface area (Å²) in [5.74, 6) is -0.876. The van der Waals surface area contributed by atoms with E-state index in [1.54, 1.807) is 24.5 Å². The van der Waals surface area contributed by atoms with E-state index in [4.69, 9.17) is 38.3 Å². The zero-order chi connectivity index (χ0) is 27.4. The van der Waals surface area contributed by atoms with Gasteiger partial charge in [-0.25, -0.2) is 9.97 Å². The minimum absolute atomic E-state index is 0.0691. The number of nitrogens with zero attached hydrogens (tertiary/aromatic N) is 5. The molecule has 10 heteroatoms. The molecule has 0 saturated carbocycles. The van der Waals surface area contributed by atoms with Gasteiger partial charge in [0.05, 0.1) is 38.2 Å². The Bertz CT molecular complexity index is 1490. The van der Waals surface area contributed by atoms with Crippen molar-refractivity contribution in [3.63, 3.8) is 0 Å². The van der Waals surface area contributed by atoms with Crippen LogP contribution in [0.2, 0.25) is 10.0 Å². The third-order valence-electron chi connectivity index (χ3n) is 6.80. The summed E-state index contributed by atoms with van der Waals surface area (Å²) in [6, 6.07) is 15.3. The van der Waals surface area contributed by atoms with Crippen LogP contribution in [0.3, 0.4) is 0 Å². The lowest BCUT2D eigenvalue weighted by molar-refractivity contribution is -0.137. The minimum Gasteiger partial charge on any atom is -0.481 e. The third kappa shape index (κ3) is 6.13. The topological polar surface area (TPSA) is 99.5 Å². The average molecular weight is 564 g/mol. The highest BCUT2D eigenvalue weighted by Gasteiger charge is 2.25. The molecule has 0 atom stereocenters. The van der Waals surface area contributed by atoms with Crippen molar-refractivity contribution in [3.8, 4) is 11.3 Å². The Morgan fingerprint density at radius 2 is 1.59 bits per heavy atom. The van der Waals surface area contributed by atoms with Crippen molar-refractivity contribution in [1.29, 1.82) is 0 Å². The number of aromatic nitrogens is 3. The molecule has 1 aliphatic heterocycles. The number of hydrogen-bond donors (Lipinski definition) is 1. The number of piperazine rings is 1. The highest BCUT2D eigenvalue weighted by Crippen LogP contribution is 2.33.